The molecule has 0 aliphatic carbocycles. The second kappa shape index (κ2) is 8.77. The third-order valence-electron chi connectivity index (χ3n) is 5.74. The van der Waals surface area contributed by atoms with Gasteiger partial charge in [-0.2, -0.15) is 0 Å². The molecule has 156 valence electrons. The Morgan fingerprint density at radius 1 is 0.806 bits per heavy atom. The summed E-state index contributed by atoms with van der Waals surface area (Å²) >= 11 is 0. The van der Waals surface area contributed by atoms with Crippen molar-refractivity contribution >= 4 is 5.57 Å². The van der Waals surface area contributed by atoms with Crippen LogP contribution < -0.4 is 0 Å². The van der Waals surface area contributed by atoms with Gasteiger partial charge in [-0.05, 0) is 50.0 Å². The molecule has 0 aliphatic heterocycles. The third-order valence-corrected chi connectivity index (χ3v) is 5.74. The fourth-order valence-electron chi connectivity index (χ4n) is 4.59. The zero-order chi connectivity index (χ0) is 22.0. The van der Waals surface area contributed by atoms with Crippen LogP contribution in [-0.2, 0) is 6.54 Å². The lowest BCUT2D eigenvalue weighted by atomic mass is 9.82. The van der Waals surface area contributed by atoms with Crippen LogP contribution in [0.2, 0.25) is 0 Å². The molecule has 4 aromatic rings. The van der Waals surface area contributed by atoms with Crippen LogP contribution in [0.1, 0.15) is 50.6 Å². The molecule has 0 N–H and O–H groups in total. The molecule has 1 heterocycles. The number of allylic oxidation sites excluding steroid dienone is 1. The molecule has 0 amide bonds. The van der Waals surface area contributed by atoms with Crippen molar-refractivity contribution in [3.63, 3.8) is 0 Å². The summed E-state index contributed by atoms with van der Waals surface area (Å²) in [7, 11) is 0. The largest absolute Gasteiger partial charge is 0.326 e. The highest BCUT2D eigenvalue weighted by Gasteiger charge is 2.22. The van der Waals surface area contributed by atoms with Crippen molar-refractivity contribution < 1.29 is 0 Å². The average Bonchev–Trinajstić information content (AvgIpc) is 3.15. The predicted octanol–water partition coefficient (Wildman–Crippen LogP) is 7.01. The number of aromatic nitrogens is 2. The summed E-state index contributed by atoms with van der Waals surface area (Å²) in [4.78, 5) is 4.48. The van der Waals surface area contributed by atoms with Gasteiger partial charge >= 0.3 is 0 Å². The first kappa shape index (κ1) is 20.9. The Kier molecular flexibility index (Phi) is 5.90. The fraction of sp³-hybridized carbons (Fsp3) is 0.207. The topological polar surface area (TPSA) is 17.8 Å². The lowest BCUT2D eigenvalue weighted by Gasteiger charge is -2.24. The van der Waals surface area contributed by atoms with Crippen LogP contribution >= 0.6 is 0 Å². The molecule has 0 radical (unpaired) electrons. The van der Waals surface area contributed by atoms with Crippen molar-refractivity contribution in [2.75, 3.05) is 0 Å². The molecule has 0 atom stereocenters. The minimum Gasteiger partial charge on any atom is -0.326 e. The standard InChI is InChI=1S/C29H30N2/c1-20-11-21(2)14-26(13-20)29(27-15-22(3)12-23(4)16-27)24(5)28-17-30-19-31(28)18-25-9-7-6-8-10-25/h6-17,19,29H,5,18H2,1-4H3. The maximum Gasteiger partial charge on any atom is 0.0954 e. The minimum atomic E-state index is 0.0726. The van der Waals surface area contributed by atoms with E-state index in [1.165, 1.54) is 38.9 Å². The number of imidazole rings is 1. The molecule has 2 nitrogen and oxygen atoms in total. The number of rotatable bonds is 6. The fourth-order valence-corrected chi connectivity index (χ4v) is 4.59. The van der Waals surface area contributed by atoms with Gasteiger partial charge in [0.2, 0.25) is 0 Å². The highest BCUT2D eigenvalue weighted by Crippen LogP contribution is 2.38. The molecule has 0 fully saturated rings. The molecular formula is C29H30N2. The highest BCUT2D eigenvalue weighted by atomic mass is 15.0. The molecule has 0 spiro atoms. The van der Waals surface area contributed by atoms with Crippen LogP contribution in [-0.4, -0.2) is 9.55 Å². The van der Waals surface area contributed by atoms with Gasteiger partial charge in [0.05, 0.1) is 18.2 Å². The van der Waals surface area contributed by atoms with Crippen LogP contribution in [0.4, 0.5) is 0 Å². The van der Waals surface area contributed by atoms with Crippen LogP contribution in [0.5, 0.6) is 0 Å². The van der Waals surface area contributed by atoms with Crippen molar-refractivity contribution in [2.45, 2.75) is 40.2 Å². The first-order valence-corrected chi connectivity index (χ1v) is 10.8. The van der Waals surface area contributed by atoms with E-state index in [0.717, 1.165) is 17.8 Å². The number of benzene rings is 3. The van der Waals surface area contributed by atoms with E-state index in [1.807, 2.05) is 18.6 Å². The van der Waals surface area contributed by atoms with Crippen LogP contribution in [0, 0.1) is 27.7 Å². The number of hydrogen-bond donors (Lipinski definition) is 0. The molecule has 31 heavy (non-hydrogen) atoms. The maximum atomic E-state index is 4.61. The van der Waals surface area contributed by atoms with Gasteiger partial charge in [0.1, 0.15) is 0 Å². The zero-order valence-electron chi connectivity index (χ0n) is 18.9. The minimum absolute atomic E-state index is 0.0726. The summed E-state index contributed by atoms with van der Waals surface area (Å²) < 4.78 is 2.20. The predicted molar refractivity (Wildman–Crippen MR) is 130 cm³/mol. The normalized spacial score (nSPS) is 11.1. The van der Waals surface area contributed by atoms with Gasteiger partial charge in [-0.15, -0.1) is 0 Å². The second-order valence-electron chi connectivity index (χ2n) is 8.69. The molecule has 2 heteroatoms. The summed E-state index contributed by atoms with van der Waals surface area (Å²) in [6.07, 6.45) is 3.86. The number of nitrogens with zero attached hydrogens (tertiary/aromatic N) is 2. The van der Waals surface area contributed by atoms with Gasteiger partial charge in [0, 0.05) is 12.5 Å². The van der Waals surface area contributed by atoms with E-state index >= 15 is 0 Å². The molecule has 0 bridgehead atoms. The molecule has 0 unspecified atom stereocenters. The van der Waals surface area contributed by atoms with Gasteiger partial charge in [-0.25, -0.2) is 4.98 Å². The van der Waals surface area contributed by atoms with Crippen LogP contribution in [0.15, 0.2) is 85.8 Å². The Balaban J connectivity index is 1.81. The lowest BCUT2D eigenvalue weighted by Crippen LogP contribution is -2.10. The Hall–Kier alpha value is -3.39. The van der Waals surface area contributed by atoms with Gasteiger partial charge in [-0.1, -0.05) is 95.6 Å². The summed E-state index contributed by atoms with van der Waals surface area (Å²) in [6, 6.07) is 24.1. The molecule has 4 rings (SSSR count). The lowest BCUT2D eigenvalue weighted by molar-refractivity contribution is 0.780. The molecule has 0 aliphatic rings. The monoisotopic (exact) mass is 406 g/mol. The van der Waals surface area contributed by atoms with E-state index in [4.69, 9.17) is 0 Å². The second-order valence-corrected chi connectivity index (χ2v) is 8.69. The Labute approximate surface area is 185 Å². The van der Waals surface area contributed by atoms with Gasteiger partial charge in [-0.3, -0.25) is 0 Å². The van der Waals surface area contributed by atoms with E-state index in [1.54, 1.807) is 0 Å². The van der Waals surface area contributed by atoms with Crippen LogP contribution in [0.25, 0.3) is 5.57 Å². The summed E-state index contributed by atoms with van der Waals surface area (Å²) in [6.45, 7) is 14.0. The van der Waals surface area contributed by atoms with Crippen molar-refractivity contribution in [1.82, 2.24) is 9.55 Å². The van der Waals surface area contributed by atoms with Gasteiger partial charge in [0.25, 0.3) is 0 Å². The SMILES string of the molecule is C=C(c1cncn1Cc1ccccc1)C(c1cc(C)cc(C)c1)c1cc(C)cc(C)c1. The first-order valence-electron chi connectivity index (χ1n) is 10.8. The summed E-state index contributed by atoms with van der Waals surface area (Å²) in [5.74, 6) is 0.0726. The van der Waals surface area contributed by atoms with Gasteiger partial charge < -0.3 is 4.57 Å². The van der Waals surface area contributed by atoms with Crippen molar-refractivity contribution in [1.29, 1.82) is 0 Å². The van der Waals surface area contributed by atoms with Crippen molar-refractivity contribution in [2.24, 2.45) is 0 Å². The van der Waals surface area contributed by atoms with E-state index in [2.05, 4.69) is 104 Å². The zero-order valence-corrected chi connectivity index (χ0v) is 18.9. The molecule has 0 saturated carbocycles. The van der Waals surface area contributed by atoms with E-state index in [-0.39, 0.29) is 5.92 Å². The highest BCUT2D eigenvalue weighted by molar-refractivity contribution is 5.72. The Bertz CT molecular complexity index is 1120. The number of aryl methyl sites for hydroxylation is 4. The summed E-state index contributed by atoms with van der Waals surface area (Å²) in [5, 5.41) is 0. The third kappa shape index (κ3) is 4.69. The van der Waals surface area contributed by atoms with E-state index in [9.17, 15) is 0 Å². The van der Waals surface area contributed by atoms with E-state index in [0.29, 0.717) is 0 Å². The first-order chi connectivity index (χ1) is 14.9. The smallest absolute Gasteiger partial charge is 0.0954 e. The average molecular weight is 407 g/mol. The van der Waals surface area contributed by atoms with Crippen molar-refractivity contribution in [3.8, 4) is 0 Å². The maximum absolute atomic E-state index is 4.61. The molecule has 0 saturated heterocycles. The molecule has 1 aromatic heterocycles. The van der Waals surface area contributed by atoms with Crippen molar-refractivity contribution in [3.05, 3.63) is 130 Å². The molecular weight excluding hydrogens is 376 g/mol. The Morgan fingerprint density at radius 2 is 1.32 bits per heavy atom. The van der Waals surface area contributed by atoms with Gasteiger partial charge in [0.15, 0.2) is 0 Å². The Morgan fingerprint density at radius 3 is 1.84 bits per heavy atom. The van der Waals surface area contributed by atoms with E-state index < -0.39 is 0 Å². The molecule has 3 aromatic carbocycles. The summed E-state index contributed by atoms with van der Waals surface area (Å²) in [5.41, 5.74) is 11.1. The van der Waals surface area contributed by atoms with Crippen LogP contribution in [0.3, 0.4) is 0 Å². The quantitative estimate of drug-likeness (QED) is 0.337. The number of hydrogen-bond acceptors (Lipinski definition) is 1.